The number of hydrogen-bond acceptors (Lipinski definition) is 4. The molecule has 0 saturated heterocycles. The standard InChI is InChI=1S/C26H24N4O2S/c1-18-11-13-20(16-22(18)26(32)29(2)3)27-24(31)14-12-19-17-30(21-8-5-4-6-9-21)28-25(19)23-10-7-15-33-23/h4-17H,1-3H3,(H,27,31)/b14-12+. The first-order valence-corrected chi connectivity index (χ1v) is 11.3. The summed E-state index contributed by atoms with van der Waals surface area (Å²) >= 11 is 1.60. The molecule has 2 heterocycles. The van der Waals surface area contributed by atoms with Gasteiger partial charge in [-0.1, -0.05) is 30.3 Å². The largest absolute Gasteiger partial charge is 0.345 e. The zero-order valence-electron chi connectivity index (χ0n) is 18.6. The molecule has 0 fully saturated rings. The van der Waals surface area contributed by atoms with Gasteiger partial charge in [-0.25, -0.2) is 4.68 Å². The summed E-state index contributed by atoms with van der Waals surface area (Å²) in [6.07, 6.45) is 5.15. The van der Waals surface area contributed by atoms with Gasteiger partial charge in [0.1, 0.15) is 5.69 Å². The van der Waals surface area contributed by atoms with Crippen molar-refractivity contribution in [2.24, 2.45) is 0 Å². The molecule has 2 aromatic carbocycles. The molecule has 4 aromatic rings. The summed E-state index contributed by atoms with van der Waals surface area (Å²) in [6, 6.07) is 19.1. The molecular weight excluding hydrogens is 432 g/mol. The predicted octanol–water partition coefficient (Wildman–Crippen LogP) is 5.26. The number of amides is 2. The number of carbonyl (C=O) groups excluding carboxylic acids is 2. The van der Waals surface area contributed by atoms with Gasteiger partial charge in [0.15, 0.2) is 0 Å². The number of anilines is 1. The van der Waals surface area contributed by atoms with Crippen molar-refractivity contribution in [3.05, 3.63) is 95.0 Å². The van der Waals surface area contributed by atoms with Crippen LogP contribution in [0.4, 0.5) is 5.69 Å². The van der Waals surface area contributed by atoms with Gasteiger partial charge in [-0.15, -0.1) is 11.3 Å². The molecule has 0 aliphatic heterocycles. The minimum Gasteiger partial charge on any atom is -0.345 e. The number of para-hydroxylation sites is 1. The van der Waals surface area contributed by atoms with Crippen molar-refractivity contribution in [2.45, 2.75) is 6.92 Å². The Balaban J connectivity index is 1.58. The van der Waals surface area contributed by atoms with Gasteiger partial charge in [-0.3, -0.25) is 9.59 Å². The SMILES string of the molecule is Cc1ccc(NC(=O)/C=C/c2cn(-c3ccccc3)nc2-c2cccs2)cc1C(=O)N(C)C. The minimum absolute atomic E-state index is 0.104. The Hall–Kier alpha value is -3.97. The van der Waals surface area contributed by atoms with E-state index in [0.717, 1.165) is 27.4 Å². The lowest BCUT2D eigenvalue weighted by atomic mass is 10.1. The molecule has 0 radical (unpaired) electrons. The molecule has 7 heteroatoms. The number of aryl methyl sites for hydroxylation is 1. The quantitative estimate of drug-likeness (QED) is 0.402. The van der Waals surface area contributed by atoms with Gasteiger partial charge in [-0.2, -0.15) is 5.10 Å². The summed E-state index contributed by atoms with van der Waals surface area (Å²) in [5.41, 5.74) is 4.58. The van der Waals surface area contributed by atoms with Crippen molar-refractivity contribution in [3.8, 4) is 16.3 Å². The van der Waals surface area contributed by atoms with Crippen LogP contribution in [0.15, 0.2) is 78.3 Å². The highest BCUT2D eigenvalue weighted by molar-refractivity contribution is 7.13. The monoisotopic (exact) mass is 456 g/mol. The summed E-state index contributed by atoms with van der Waals surface area (Å²) in [5, 5.41) is 9.59. The third-order valence-corrected chi connectivity index (χ3v) is 5.95. The van der Waals surface area contributed by atoms with Crippen molar-refractivity contribution in [2.75, 3.05) is 19.4 Å². The van der Waals surface area contributed by atoms with Gasteiger partial charge in [-0.05, 0) is 54.3 Å². The zero-order chi connectivity index (χ0) is 23.4. The second kappa shape index (κ2) is 9.67. The van der Waals surface area contributed by atoms with Gasteiger partial charge in [0.05, 0.1) is 10.6 Å². The first-order chi connectivity index (χ1) is 15.9. The lowest BCUT2D eigenvalue weighted by Gasteiger charge is -2.13. The second-order valence-corrected chi connectivity index (χ2v) is 8.69. The highest BCUT2D eigenvalue weighted by Crippen LogP contribution is 2.28. The van der Waals surface area contributed by atoms with E-state index in [1.54, 1.807) is 43.6 Å². The van der Waals surface area contributed by atoms with E-state index in [0.29, 0.717) is 11.3 Å². The van der Waals surface area contributed by atoms with E-state index in [1.165, 1.54) is 11.0 Å². The molecule has 2 amide bonds. The van der Waals surface area contributed by atoms with E-state index in [4.69, 9.17) is 5.10 Å². The minimum atomic E-state index is -0.285. The van der Waals surface area contributed by atoms with Gasteiger partial charge in [0, 0.05) is 43.2 Å². The average molecular weight is 457 g/mol. The third kappa shape index (κ3) is 5.10. The lowest BCUT2D eigenvalue weighted by molar-refractivity contribution is -0.111. The maximum Gasteiger partial charge on any atom is 0.253 e. The summed E-state index contributed by atoms with van der Waals surface area (Å²) < 4.78 is 1.81. The van der Waals surface area contributed by atoms with Crippen molar-refractivity contribution >= 4 is 34.9 Å². The van der Waals surface area contributed by atoms with Crippen molar-refractivity contribution in [3.63, 3.8) is 0 Å². The fourth-order valence-electron chi connectivity index (χ4n) is 3.35. The zero-order valence-corrected chi connectivity index (χ0v) is 19.5. The van der Waals surface area contributed by atoms with Crippen LogP contribution in [0.25, 0.3) is 22.3 Å². The van der Waals surface area contributed by atoms with Crippen LogP contribution in [-0.4, -0.2) is 40.6 Å². The average Bonchev–Trinajstić information content (AvgIpc) is 3.49. The number of rotatable bonds is 6. The van der Waals surface area contributed by atoms with Crippen LogP contribution in [0.3, 0.4) is 0 Å². The fraction of sp³-hybridized carbons (Fsp3) is 0.115. The van der Waals surface area contributed by atoms with Crippen molar-refractivity contribution < 1.29 is 9.59 Å². The van der Waals surface area contributed by atoms with Gasteiger partial charge in [0.2, 0.25) is 5.91 Å². The summed E-state index contributed by atoms with van der Waals surface area (Å²) in [4.78, 5) is 27.6. The smallest absolute Gasteiger partial charge is 0.253 e. The molecule has 0 atom stereocenters. The van der Waals surface area contributed by atoms with Gasteiger partial charge in [0.25, 0.3) is 5.91 Å². The number of thiophene rings is 1. The van der Waals surface area contributed by atoms with Crippen LogP contribution in [0.5, 0.6) is 0 Å². The van der Waals surface area contributed by atoms with E-state index in [2.05, 4.69) is 5.32 Å². The first-order valence-electron chi connectivity index (χ1n) is 10.4. The Labute approximate surface area is 196 Å². The molecule has 0 bridgehead atoms. The predicted molar refractivity (Wildman–Crippen MR) is 134 cm³/mol. The van der Waals surface area contributed by atoms with Crippen molar-refractivity contribution in [1.29, 1.82) is 0 Å². The number of benzene rings is 2. The number of carbonyl (C=O) groups is 2. The van der Waals surface area contributed by atoms with E-state index < -0.39 is 0 Å². The molecule has 0 unspecified atom stereocenters. The Kier molecular flexibility index (Phi) is 6.51. The highest BCUT2D eigenvalue weighted by Gasteiger charge is 2.14. The molecule has 6 nitrogen and oxygen atoms in total. The normalized spacial score (nSPS) is 11.0. The molecule has 1 N–H and O–H groups in total. The highest BCUT2D eigenvalue weighted by atomic mass is 32.1. The van der Waals surface area contributed by atoms with E-state index >= 15 is 0 Å². The molecule has 33 heavy (non-hydrogen) atoms. The molecule has 2 aromatic heterocycles. The molecular formula is C26H24N4O2S. The molecule has 0 aliphatic rings. The fourth-order valence-corrected chi connectivity index (χ4v) is 4.08. The van der Waals surface area contributed by atoms with Crippen LogP contribution in [0.1, 0.15) is 21.5 Å². The molecule has 0 aliphatic carbocycles. The van der Waals surface area contributed by atoms with E-state index in [1.807, 2.05) is 71.7 Å². The third-order valence-electron chi connectivity index (χ3n) is 5.07. The second-order valence-electron chi connectivity index (χ2n) is 7.74. The lowest BCUT2D eigenvalue weighted by Crippen LogP contribution is -2.22. The topological polar surface area (TPSA) is 67.2 Å². The van der Waals surface area contributed by atoms with Crippen LogP contribution in [-0.2, 0) is 4.79 Å². The summed E-state index contributed by atoms with van der Waals surface area (Å²) in [5.74, 6) is -0.389. The van der Waals surface area contributed by atoms with Crippen molar-refractivity contribution in [1.82, 2.24) is 14.7 Å². The van der Waals surface area contributed by atoms with Crippen LogP contribution >= 0.6 is 11.3 Å². The summed E-state index contributed by atoms with van der Waals surface area (Å²) in [7, 11) is 3.41. The van der Waals surface area contributed by atoms with E-state index in [-0.39, 0.29) is 11.8 Å². The number of hydrogen-bond donors (Lipinski definition) is 1. The van der Waals surface area contributed by atoms with Crippen LogP contribution in [0, 0.1) is 6.92 Å². The molecule has 166 valence electrons. The van der Waals surface area contributed by atoms with Gasteiger partial charge >= 0.3 is 0 Å². The Morgan fingerprint density at radius 2 is 1.85 bits per heavy atom. The molecule has 4 rings (SSSR count). The Morgan fingerprint density at radius 3 is 2.55 bits per heavy atom. The Morgan fingerprint density at radius 1 is 1.06 bits per heavy atom. The summed E-state index contributed by atoms with van der Waals surface area (Å²) in [6.45, 7) is 1.87. The number of aromatic nitrogens is 2. The number of nitrogens with one attached hydrogen (secondary N) is 1. The van der Waals surface area contributed by atoms with Crippen LogP contribution in [0.2, 0.25) is 0 Å². The first kappa shape index (κ1) is 22.2. The molecule has 0 saturated carbocycles. The Bertz CT molecular complexity index is 1310. The number of nitrogens with zero attached hydrogens (tertiary/aromatic N) is 3. The molecule has 0 spiro atoms. The maximum atomic E-state index is 12.6. The van der Waals surface area contributed by atoms with Gasteiger partial charge < -0.3 is 10.2 Å². The maximum absolute atomic E-state index is 12.6. The van der Waals surface area contributed by atoms with E-state index in [9.17, 15) is 9.59 Å². The van der Waals surface area contributed by atoms with Crippen LogP contribution < -0.4 is 5.32 Å².